The zero-order valence-corrected chi connectivity index (χ0v) is 9.29. The molecule has 1 aliphatic rings. The number of carbonyl (C=O) groups excluding carboxylic acids is 2. The summed E-state index contributed by atoms with van der Waals surface area (Å²) in [6, 6.07) is 0. The largest absolute Gasteiger partial charge is 0.469 e. The van der Waals surface area contributed by atoms with Gasteiger partial charge in [-0.25, -0.2) is 0 Å². The van der Waals surface area contributed by atoms with E-state index < -0.39 is 0 Å². The smallest absolute Gasteiger partial charge is 0.305 e. The van der Waals surface area contributed by atoms with Gasteiger partial charge in [-0.2, -0.15) is 0 Å². The van der Waals surface area contributed by atoms with Crippen LogP contribution in [0.25, 0.3) is 0 Å². The van der Waals surface area contributed by atoms with Crippen molar-refractivity contribution >= 4 is 11.8 Å². The van der Waals surface area contributed by atoms with Crippen LogP contribution in [0.3, 0.4) is 0 Å². The minimum atomic E-state index is -0.176. The van der Waals surface area contributed by atoms with Crippen LogP contribution in [0.1, 0.15) is 33.6 Å². The molecule has 2 atom stereocenters. The highest BCUT2D eigenvalue weighted by Crippen LogP contribution is 2.53. The summed E-state index contributed by atoms with van der Waals surface area (Å²) in [4.78, 5) is 22.3. The van der Waals surface area contributed by atoms with Crippen molar-refractivity contribution in [1.29, 1.82) is 0 Å². The van der Waals surface area contributed by atoms with Crippen LogP contribution in [-0.4, -0.2) is 18.9 Å². The lowest BCUT2D eigenvalue weighted by Gasteiger charge is -2.50. The summed E-state index contributed by atoms with van der Waals surface area (Å²) in [5.41, 5.74) is -0.0416. The molecule has 0 aliphatic heterocycles. The maximum absolute atomic E-state index is 11.2. The number of Topliss-reactive ketones (excluding diaryl/α,β-unsaturated/α-hetero) is 1. The van der Waals surface area contributed by atoms with Gasteiger partial charge in [0.15, 0.2) is 0 Å². The summed E-state index contributed by atoms with van der Waals surface area (Å²) in [7, 11) is 1.40. The molecule has 0 radical (unpaired) electrons. The van der Waals surface area contributed by atoms with Gasteiger partial charge in [-0.05, 0) is 24.7 Å². The molecule has 0 aromatic carbocycles. The number of ether oxygens (including phenoxy) is 1. The van der Waals surface area contributed by atoms with Crippen molar-refractivity contribution in [1.82, 2.24) is 0 Å². The number of hydrogen-bond acceptors (Lipinski definition) is 3. The van der Waals surface area contributed by atoms with Gasteiger partial charge in [0.1, 0.15) is 5.78 Å². The van der Waals surface area contributed by atoms with E-state index in [9.17, 15) is 9.59 Å². The Labute approximate surface area is 84.8 Å². The SMILES string of the molecule is COC(=O)C[C@@H]1C[C@H](C(C)=O)C1(C)C. The van der Waals surface area contributed by atoms with Gasteiger partial charge in [-0.1, -0.05) is 13.8 Å². The lowest BCUT2D eigenvalue weighted by Crippen LogP contribution is -2.48. The number of carbonyl (C=O) groups is 2. The van der Waals surface area contributed by atoms with E-state index in [1.54, 1.807) is 6.92 Å². The zero-order chi connectivity index (χ0) is 10.9. The Hall–Kier alpha value is -0.860. The van der Waals surface area contributed by atoms with Crippen LogP contribution in [0.4, 0.5) is 0 Å². The number of ketones is 1. The van der Waals surface area contributed by atoms with Crippen LogP contribution in [-0.2, 0) is 14.3 Å². The summed E-state index contributed by atoms with van der Waals surface area (Å²) >= 11 is 0. The van der Waals surface area contributed by atoms with Gasteiger partial charge in [0.05, 0.1) is 7.11 Å². The molecular weight excluding hydrogens is 180 g/mol. The van der Waals surface area contributed by atoms with Gasteiger partial charge in [-0.3, -0.25) is 9.59 Å². The van der Waals surface area contributed by atoms with Gasteiger partial charge in [0, 0.05) is 12.3 Å². The van der Waals surface area contributed by atoms with E-state index in [1.165, 1.54) is 7.11 Å². The van der Waals surface area contributed by atoms with Crippen LogP contribution in [0.2, 0.25) is 0 Å². The molecule has 0 heterocycles. The van der Waals surface area contributed by atoms with Crippen molar-refractivity contribution in [2.24, 2.45) is 17.3 Å². The third-order valence-corrected chi connectivity index (χ3v) is 3.60. The Morgan fingerprint density at radius 2 is 2.00 bits per heavy atom. The van der Waals surface area contributed by atoms with E-state index in [0.717, 1.165) is 6.42 Å². The summed E-state index contributed by atoms with van der Waals surface area (Å²) in [5, 5.41) is 0. The van der Waals surface area contributed by atoms with Gasteiger partial charge in [-0.15, -0.1) is 0 Å². The van der Waals surface area contributed by atoms with Gasteiger partial charge in [0.25, 0.3) is 0 Å². The average Bonchev–Trinajstić information content (AvgIpc) is 2.10. The molecule has 80 valence electrons. The van der Waals surface area contributed by atoms with Gasteiger partial charge >= 0.3 is 5.97 Å². The predicted octanol–water partition coefficient (Wildman–Crippen LogP) is 1.80. The average molecular weight is 198 g/mol. The molecule has 1 aliphatic carbocycles. The van der Waals surface area contributed by atoms with Crippen molar-refractivity contribution in [2.75, 3.05) is 7.11 Å². The maximum Gasteiger partial charge on any atom is 0.305 e. The second-order valence-electron chi connectivity index (χ2n) is 4.70. The Morgan fingerprint density at radius 1 is 1.43 bits per heavy atom. The van der Waals surface area contributed by atoms with E-state index in [0.29, 0.717) is 12.3 Å². The topological polar surface area (TPSA) is 43.4 Å². The van der Waals surface area contributed by atoms with Gasteiger partial charge in [0.2, 0.25) is 0 Å². The summed E-state index contributed by atoms with van der Waals surface area (Å²) in [5.74, 6) is 0.474. The first-order valence-corrected chi connectivity index (χ1v) is 4.96. The Morgan fingerprint density at radius 3 is 2.36 bits per heavy atom. The highest BCUT2D eigenvalue weighted by atomic mass is 16.5. The van der Waals surface area contributed by atoms with Crippen LogP contribution in [0, 0.1) is 17.3 Å². The minimum Gasteiger partial charge on any atom is -0.469 e. The van der Waals surface area contributed by atoms with Crippen molar-refractivity contribution in [3.8, 4) is 0 Å². The van der Waals surface area contributed by atoms with Crippen molar-refractivity contribution < 1.29 is 14.3 Å². The Bertz CT molecular complexity index is 255. The first-order valence-electron chi connectivity index (χ1n) is 4.96. The van der Waals surface area contributed by atoms with Crippen molar-refractivity contribution in [3.05, 3.63) is 0 Å². The van der Waals surface area contributed by atoms with E-state index in [-0.39, 0.29) is 23.1 Å². The van der Waals surface area contributed by atoms with Gasteiger partial charge < -0.3 is 4.74 Å². The second-order valence-corrected chi connectivity index (χ2v) is 4.70. The van der Waals surface area contributed by atoms with E-state index >= 15 is 0 Å². The standard InChI is InChI=1S/C11H18O3/c1-7(12)9-5-8(11(9,2)3)6-10(13)14-4/h8-9H,5-6H2,1-4H3/t8-,9+/m0/s1. The normalized spacial score (nSPS) is 29.1. The third kappa shape index (κ3) is 1.81. The molecule has 0 unspecified atom stereocenters. The molecule has 3 nitrogen and oxygen atoms in total. The molecule has 0 amide bonds. The van der Waals surface area contributed by atoms with Crippen LogP contribution in [0.5, 0.6) is 0 Å². The zero-order valence-electron chi connectivity index (χ0n) is 9.29. The molecule has 1 saturated carbocycles. The van der Waals surface area contributed by atoms with Crippen LogP contribution >= 0.6 is 0 Å². The van der Waals surface area contributed by atoms with Crippen LogP contribution in [0.15, 0.2) is 0 Å². The molecule has 0 spiro atoms. The molecule has 1 fully saturated rings. The molecular formula is C11H18O3. The first kappa shape index (κ1) is 11.2. The number of esters is 1. The van der Waals surface area contributed by atoms with Crippen LogP contribution < -0.4 is 0 Å². The first-order chi connectivity index (χ1) is 6.39. The van der Waals surface area contributed by atoms with E-state index in [4.69, 9.17) is 0 Å². The van der Waals surface area contributed by atoms with Crippen molar-refractivity contribution in [3.63, 3.8) is 0 Å². The Kier molecular flexibility index (Phi) is 2.98. The highest BCUT2D eigenvalue weighted by Gasteiger charge is 2.50. The maximum atomic E-state index is 11.2. The number of rotatable bonds is 3. The third-order valence-electron chi connectivity index (χ3n) is 3.60. The number of hydrogen-bond donors (Lipinski definition) is 0. The highest BCUT2D eigenvalue weighted by molar-refractivity contribution is 5.80. The fourth-order valence-corrected chi connectivity index (χ4v) is 2.34. The fourth-order valence-electron chi connectivity index (χ4n) is 2.34. The van der Waals surface area contributed by atoms with Crippen molar-refractivity contribution in [2.45, 2.75) is 33.6 Å². The summed E-state index contributed by atoms with van der Waals surface area (Å²) in [6.07, 6.45) is 1.27. The van der Waals surface area contributed by atoms with E-state index in [2.05, 4.69) is 18.6 Å². The Balaban J connectivity index is 2.54. The minimum absolute atomic E-state index is 0.0416. The van der Waals surface area contributed by atoms with E-state index in [1.807, 2.05) is 0 Å². The molecule has 0 aromatic rings. The molecule has 0 bridgehead atoms. The predicted molar refractivity (Wildman–Crippen MR) is 52.7 cm³/mol. The number of methoxy groups -OCH3 is 1. The fraction of sp³-hybridized carbons (Fsp3) is 0.818. The molecule has 0 N–H and O–H groups in total. The summed E-state index contributed by atoms with van der Waals surface area (Å²) in [6.45, 7) is 5.73. The monoisotopic (exact) mass is 198 g/mol. The second kappa shape index (κ2) is 3.71. The molecule has 1 rings (SSSR count). The lowest BCUT2D eigenvalue weighted by atomic mass is 9.53. The summed E-state index contributed by atoms with van der Waals surface area (Å²) < 4.78 is 4.62. The molecule has 0 aromatic heterocycles. The molecule has 3 heteroatoms. The molecule has 0 saturated heterocycles. The molecule has 14 heavy (non-hydrogen) atoms. The lowest BCUT2D eigenvalue weighted by molar-refractivity contribution is -0.151. The quantitative estimate of drug-likeness (QED) is 0.649.